The monoisotopic (exact) mass is 254 g/mol. The van der Waals surface area contributed by atoms with E-state index in [1.807, 2.05) is 0 Å². The van der Waals surface area contributed by atoms with E-state index in [0.717, 1.165) is 6.07 Å². The molecular weight excluding hydrogens is 243 g/mol. The molecule has 1 N–H and O–H groups in total. The molecule has 1 unspecified atom stereocenters. The van der Waals surface area contributed by atoms with Crippen LogP contribution in [-0.4, -0.2) is 17.5 Å². The molecule has 0 heterocycles. The van der Waals surface area contributed by atoms with Crippen molar-refractivity contribution >= 4 is 0 Å². The van der Waals surface area contributed by atoms with E-state index in [0.29, 0.717) is 0 Å². The van der Waals surface area contributed by atoms with Gasteiger partial charge in [-0.3, -0.25) is 0 Å². The summed E-state index contributed by atoms with van der Waals surface area (Å²) < 4.78 is 62.2. The zero-order valence-corrected chi connectivity index (χ0v) is 8.93. The molecule has 96 valence electrons. The summed E-state index contributed by atoms with van der Waals surface area (Å²) in [5.41, 5.74) is 0.134. The van der Waals surface area contributed by atoms with E-state index in [4.69, 9.17) is 0 Å². The number of hydrogen-bond acceptors (Lipinski definition) is 1. The Hall–Kier alpha value is -1.17. The summed E-state index contributed by atoms with van der Waals surface area (Å²) in [6, 6.07) is 3.38. The molecule has 17 heavy (non-hydrogen) atoms. The highest BCUT2D eigenvalue weighted by Crippen LogP contribution is 2.33. The van der Waals surface area contributed by atoms with Gasteiger partial charge in [0.05, 0.1) is 6.10 Å². The lowest BCUT2D eigenvalue weighted by Crippen LogP contribution is -2.28. The first kappa shape index (κ1) is 13.9. The minimum atomic E-state index is -4.29. The third-order valence-corrected chi connectivity index (χ3v) is 2.37. The second-order valence-electron chi connectivity index (χ2n) is 3.79. The predicted octanol–water partition coefficient (Wildman–Crippen LogP) is 3.46. The topological polar surface area (TPSA) is 20.2 Å². The molecule has 0 aliphatic rings. The minimum absolute atomic E-state index is 0.145. The maximum atomic E-state index is 13.1. The second kappa shape index (κ2) is 5.00. The smallest absolute Gasteiger partial charge is 0.310 e. The fraction of sp³-hybridized carbons (Fsp3) is 0.455. The fourth-order valence-electron chi connectivity index (χ4n) is 1.28. The summed E-state index contributed by atoms with van der Waals surface area (Å²) in [5, 5.41) is 9.34. The van der Waals surface area contributed by atoms with E-state index in [1.54, 1.807) is 0 Å². The lowest BCUT2D eigenvalue weighted by atomic mass is 10.0. The average molecular weight is 254 g/mol. The van der Waals surface area contributed by atoms with Crippen LogP contribution in [0, 0.1) is 12.7 Å². The number of rotatable bonds is 4. The van der Waals surface area contributed by atoms with E-state index in [9.17, 15) is 27.1 Å². The molecule has 0 fully saturated rings. The lowest BCUT2D eigenvalue weighted by molar-refractivity contribution is -0.149. The number of hydrogen-bond donors (Lipinski definition) is 1. The Morgan fingerprint density at radius 3 is 2.35 bits per heavy atom. The van der Waals surface area contributed by atoms with Crippen LogP contribution in [-0.2, 0) is 0 Å². The summed E-state index contributed by atoms with van der Waals surface area (Å²) in [6.45, 7) is 1.46. The minimum Gasteiger partial charge on any atom is -0.388 e. The first-order valence-corrected chi connectivity index (χ1v) is 4.84. The molecule has 1 rings (SSSR count). The van der Waals surface area contributed by atoms with Crippen molar-refractivity contribution in [3.05, 3.63) is 35.1 Å². The molecule has 0 aromatic heterocycles. The van der Waals surface area contributed by atoms with Crippen molar-refractivity contribution in [1.82, 2.24) is 0 Å². The fourth-order valence-corrected chi connectivity index (χ4v) is 1.28. The van der Waals surface area contributed by atoms with Crippen LogP contribution in [0.15, 0.2) is 18.2 Å². The van der Waals surface area contributed by atoms with Gasteiger partial charge < -0.3 is 5.11 Å². The van der Waals surface area contributed by atoms with Crippen LogP contribution in [0.25, 0.3) is 0 Å². The van der Waals surface area contributed by atoms with Gasteiger partial charge in [-0.2, -0.15) is 0 Å². The van der Waals surface area contributed by atoms with Crippen LogP contribution in [0.2, 0.25) is 0 Å². The Bertz CT molecular complexity index is 391. The molecule has 0 amide bonds. The van der Waals surface area contributed by atoms with Crippen molar-refractivity contribution in [3.8, 4) is 0 Å². The average Bonchev–Trinajstić information content (AvgIpc) is 2.21. The Kier molecular flexibility index (Phi) is 4.08. The molecule has 0 spiro atoms. The van der Waals surface area contributed by atoms with Gasteiger partial charge in [0, 0.05) is 6.42 Å². The second-order valence-corrected chi connectivity index (χ2v) is 3.79. The number of halogens is 5. The molecule has 1 atom stereocenters. The van der Waals surface area contributed by atoms with Crippen LogP contribution in [0.4, 0.5) is 22.0 Å². The lowest BCUT2D eigenvalue weighted by Gasteiger charge is -2.19. The van der Waals surface area contributed by atoms with E-state index in [-0.39, 0.29) is 11.1 Å². The summed E-state index contributed by atoms with van der Waals surface area (Å²) in [6.07, 6.45) is -7.12. The predicted molar refractivity (Wildman–Crippen MR) is 51.7 cm³/mol. The quantitative estimate of drug-likeness (QED) is 0.816. The number of alkyl halides is 4. The third kappa shape index (κ3) is 3.39. The molecule has 1 nitrogen and oxygen atoms in total. The van der Waals surface area contributed by atoms with E-state index in [1.165, 1.54) is 19.1 Å². The van der Waals surface area contributed by atoms with Gasteiger partial charge in [0.25, 0.3) is 0 Å². The highest BCUT2D eigenvalue weighted by molar-refractivity contribution is 5.25. The molecule has 0 saturated heterocycles. The number of aliphatic hydroxyl groups is 1. The zero-order chi connectivity index (χ0) is 13.2. The van der Waals surface area contributed by atoms with Gasteiger partial charge in [-0.15, -0.1) is 0 Å². The van der Waals surface area contributed by atoms with Gasteiger partial charge in [-0.05, 0) is 24.1 Å². The van der Waals surface area contributed by atoms with Crippen LogP contribution in [0.3, 0.4) is 0 Å². The van der Waals surface area contributed by atoms with Gasteiger partial charge in [-0.1, -0.05) is 12.1 Å². The number of benzene rings is 1. The molecule has 1 aromatic rings. The number of aliphatic hydroxyl groups excluding tert-OH is 1. The molecule has 0 bridgehead atoms. The zero-order valence-electron chi connectivity index (χ0n) is 8.93. The summed E-state index contributed by atoms with van der Waals surface area (Å²) in [4.78, 5) is 0. The van der Waals surface area contributed by atoms with Crippen molar-refractivity contribution in [3.63, 3.8) is 0 Å². The van der Waals surface area contributed by atoms with Gasteiger partial charge in [0.15, 0.2) is 0 Å². The van der Waals surface area contributed by atoms with E-state index >= 15 is 0 Å². The van der Waals surface area contributed by atoms with Crippen LogP contribution >= 0.6 is 0 Å². The van der Waals surface area contributed by atoms with Crippen molar-refractivity contribution in [2.75, 3.05) is 0 Å². The van der Waals surface area contributed by atoms with Gasteiger partial charge >= 0.3 is 12.3 Å². The van der Waals surface area contributed by atoms with Crippen LogP contribution in [0.1, 0.15) is 23.7 Å². The SMILES string of the molecule is Cc1ccc(C(O)CC(F)(F)C(F)F)cc1F. The van der Waals surface area contributed by atoms with Gasteiger partial charge in [-0.25, -0.2) is 22.0 Å². The summed E-state index contributed by atoms with van der Waals surface area (Å²) in [5.74, 6) is -4.97. The molecular formula is C11H11F5O. The first-order valence-electron chi connectivity index (χ1n) is 4.84. The van der Waals surface area contributed by atoms with Gasteiger partial charge in [0.1, 0.15) is 5.82 Å². The van der Waals surface area contributed by atoms with Crippen molar-refractivity contribution in [2.24, 2.45) is 0 Å². The third-order valence-electron chi connectivity index (χ3n) is 2.37. The molecule has 0 aliphatic heterocycles. The summed E-state index contributed by atoms with van der Waals surface area (Å²) in [7, 11) is 0. The van der Waals surface area contributed by atoms with E-state index in [2.05, 4.69) is 0 Å². The van der Waals surface area contributed by atoms with Crippen molar-refractivity contribution < 1.29 is 27.1 Å². The Morgan fingerprint density at radius 1 is 1.29 bits per heavy atom. The molecule has 0 aliphatic carbocycles. The van der Waals surface area contributed by atoms with Crippen molar-refractivity contribution in [2.45, 2.75) is 31.8 Å². The Balaban J connectivity index is 2.83. The molecule has 1 aromatic carbocycles. The summed E-state index contributed by atoms with van der Waals surface area (Å²) >= 11 is 0. The molecule has 0 saturated carbocycles. The molecule has 0 radical (unpaired) electrons. The number of aryl methyl sites for hydroxylation is 1. The largest absolute Gasteiger partial charge is 0.388 e. The maximum absolute atomic E-state index is 13.1. The van der Waals surface area contributed by atoms with E-state index < -0.39 is 30.7 Å². The normalized spacial score (nSPS) is 14.1. The molecule has 6 heteroatoms. The van der Waals surface area contributed by atoms with Crippen LogP contribution < -0.4 is 0 Å². The van der Waals surface area contributed by atoms with Crippen molar-refractivity contribution in [1.29, 1.82) is 0 Å². The highest BCUT2D eigenvalue weighted by atomic mass is 19.3. The van der Waals surface area contributed by atoms with Crippen LogP contribution in [0.5, 0.6) is 0 Å². The first-order chi connectivity index (χ1) is 7.74. The standard InChI is InChI=1S/C11H11F5O/c1-6-2-3-7(4-8(6)12)9(17)5-11(15,16)10(13)14/h2-4,9-10,17H,5H2,1H3. The van der Waals surface area contributed by atoms with Gasteiger partial charge in [0.2, 0.25) is 0 Å². The Labute approximate surface area is 94.9 Å². The maximum Gasteiger partial charge on any atom is 0.310 e. The highest BCUT2D eigenvalue weighted by Gasteiger charge is 2.42. The Morgan fingerprint density at radius 2 is 1.88 bits per heavy atom.